The average Bonchev–Trinajstić information content (AvgIpc) is 3.22. The van der Waals surface area contributed by atoms with Crippen LogP contribution in [0, 0.1) is 0 Å². The van der Waals surface area contributed by atoms with Crippen LogP contribution >= 0.6 is 11.3 Å². The van der Waals surface area contributed by atoms with Gasteiger partial charge in [0.2, 0.25) is 10.0 Å². The van der Waals surface area contributed by atoms with Crippen LogP contribution in [0.25, 0.3) is 22.4 Å². The molecule has 0 spiro atoms. The van der Waals surface area contributed by atoms with Crippen molar-refractivity contribution in [2.75, 3.05) is 16.3 Å². The van der Waals surface area contributed by atoms with E-state index < -0.39 is 16.0 Å². The van der Waals surface area contributed by atoms with Crippen molar-refractivity contribution >= 4 is 43.8 Å². The van der Waals surface area contributed by atoms with Crippen molar-refractivity contribution in [1.82, 2.24) is 4.98 Å². The van der Waals surface area contributed by atoms with Gasteiger partial charge in [0.05, 0.1) is 17.6 Å². The number of aromatic carboxylic acids is 1. The number of thiazole rings is 1. The molecular weight excluding hydrogens is 462 g/mol. The molecule has 0 saturated carbocycles. The van der Waals surface area contributed by atoms with E-state index in [0.29, 0.717) is 22.1 Å². The molecule has 0 unspecified atom stereocenters. The van der Waals surface area contributed by atoms with Crippen LogP contribution < -0.4 is 10.0 Å². The minimum absolute atomic E-state index is 0.184. The maximum absolute atomic E-state index is 11.6. The number of para-hydroxylation sites is 1. The molecule has 33 heavy (non-hydrogen) atoms. The molecule has 1 aromatic heterocycles. The first kappa shape index (κ1) is 22.3. The number of nitrogens with zero attached hydrogens (tertiary/aromatic N) is 1. The van der Waals surface area contributed by atoms with Crippen molar-refractivity contribution in [1.29, 1.82) is 0 Å². The summed E-state index contributed by atoms with van der Waals surface area (Å²) in [5.74, 6) is -1.51. The second-order valence-corrected chi connectivity index (χ2v) is 9.80. The van der Waals surface area contributed by atoms with E-state index in [1.165, 1.54) is 23.5 Å². The van der Waals surface area contributed by atoms with E-state index in [1.807, 2.05) is 36.4 Å². The first-order chi connectivity index (χ1) is 15.7. The van der Waals surface area contributed by atoms with Gasteiger partial charge in [-0.1, -0.05) is 30.3 Å². The Labute approximate surface area is 194 Å². The number of carbonyl (C=O) groups is 1. The van der Waals surface area contributed by atoms with Crippen LogP contribution in [0.3, 0.4) is 0 Å². The summed E-state index contributed by atoms with van der Waals surface area (Å²) < 4.78 is 25.8. The number of phenols is 1. The highest BCUT2D eigenvalue weighted by molar-refractivity contribution is 7.92. The Balaban J connectivity index is 1.53. The molecule has 0 aliphatic rings. The zero-order valence-electron chi connectivity index (χ0n) is 17.3. The summed E-state index contributed by atoms with van der Waals surface area (Å²) in [4.78, 5) is 15.7. The first-order valence-electron chi connectivity index (χ1n) is 9.66. The van der Waals surface area contributed by atoms with Crippen molar-refractivity contribution in [3.05, 3.63) is 77.7 Å². The quantitative estimate of drug-likeness (QED) is 0.292. The maximum atomic E-state index is 11.6. The molecule has 0 amide bonds. The third-order valence-corrected chi connectivity index (χ3v) is 6.04. The van der Waals surface area contributed by atoms with Gasteiger partial charge in [0.25, 0.3) is 0 Å². The van der Waals surface area contributed by atoms with Gasteiger partial charge in [-0.2, -0.15) is 0 Å². The molecule has 4 N–H and O–H groups in total. The molecule has 0 aliphatic heterocycles. The summed E-state index contributed by atoms with van der Waals surface area (Å²) in [6.45, 7) is 0. The average molecular weight is 482 g/mol. The Morgan fingerprint density at radius 3 is 2.39 bits per heavy atom. The van der Waals surface area contributed by atoms with Gasteiger partial charge >= 0.3 is 5.97 Å². The molecule has 10 heteroatoms. The lowest BCUT2D eigenvalue weighted by molar-refractivity contribution is 0.0693. The molecule has 0 fully saturated rings. The number of rotatable bonds is 7. The van der Waals surface area contributed by atoms with Crippen LogP contribution in [-0.4, -0.2) is 35.8 Å². The Hall–Kier alpha value is -3.89. The van der Waals surface area contributed by atoms with E-state index in [1.54, 1.807) is 23.6 Å². The van der Waals surface area contributed by atoms with Gasteiger partial charge in [-0.05, 0) is 42.0 Å². The Kier molecular flexibility index (Phi) is 6.03. The number of carboxylic acids is 1. The van der Waals surface area contributed by atoms with Gasteiger partial charge in [-0.25, -0.2) is 18.2 Å². The van der Waals surface area contributed by atoms with Crippen molar-refractivity contribution in [2.24, 2.45) is 0 Å². The summed E-state index contributed by atoms with van der Waals surface area (Å²) in [5, 5.41) is 24.5. The van der Waals surface area contributed by atoms with Crippen LogP contribution in [0.1, 0.15) is 10.4 Å². The summed E-state index contributed by atoms with van der Waals surface area (Å²) in [6.07, 6.45) is 1.11. The van der Waals surface area contributed by atoms with Crippen molar-refractivity contribution < 1.29 is 23.4 Å². The number of carboxylic acid groups (broad SMARTS) is 1. The number of aromatic hydroxyl groups is 1. The number of anilines is 3. The maximum Gasteiger partial charge on any atom is 0.339 e. The number of hydrogen-bond acceptors (Lipinski definition) is 7. The highest BCUT2D eigenvalue weighted by atomic mass is 32.2. The molecule has 4 rings (SSSR count). The van der Waals surface area contributed by atoms with Crippen LogP contribution in [0.4, 0.5) is 16.5 Å². The fourth-order valence-electron chi connectivity index (χ4n) is 3.21. The van der Waals surface area contributed by atoms with E-state index in [2.05, 4.69) is 15.0 Å². The highest BCUT2D eigenvalue weighted by Gasteiger charge is 2.13. The summed E-state index contributed by atoms with van der Waals surface area (Å²) >= 11 is 1.36. The van der Waals surface area contributed by atoms with Gasteiger partial charge in [0.15, 0.2) is 5.13 Å². The molecule has 0 aliphatic carbocycles. The van der Waals surface area contributed by atoms with Crippen molar-refractivity contribution in [2.45, 2.75) is 0 Å². The predicted molar refractivity (Wildman–Crippen MR) is 130 cm³/mol. The number of benzene rings is 3. The van der Waals surface area contributed by atoms with Crippen LogP contribution in [0.15, 0.2) is 72.1 Å². The molecule has 0 bridgehead atoms. The molecule has 168 valence electrons. The second kappa shape index (κ2) is 8.93. The van der Waals surface area contributed by atoms with E-state index in [4.69, 9.17) is 0 Å². The molecule has 0 saturated heterocycles. The fourth-order valence-corrected chi connectivity index (χ4v) is 4.53. The molecule has 0 atom stereocenters. The lowest BCUT2D eigenvalue weighted by Gasteiger charge is -2.11. The van der Waals surface area contributed by atoms with Crippen molar-refractivity contribution in [3.8, 4) is 28.1 Å². The standard InChI is InChI=1S/C23H19N3O5S2/c1-33(30,31)26-19-5-3-2-4-17(19)14-6-9-16(10-7-14)24-23-25-20(13-32-23)15-8-11-21(27)18(12-15)22(28)29/h2-13,26-27H,1H3,(H,24,25)(H,28,29). The number of nitrogens with one attached hydrogen (secondary N) is 2. The van der Waals surface area contributed by atoms with Gasteiger partial charge in [-0.3, -0.25) is 4.72 Å². The third-order valence-electron chi connectivity index (χ3n) is 4.70. The Morgan fingerprint density at radius 2 is 1.70 bits per heavy atom. The van der Waals surface area contributed by atoms with Gasteiger partial charge in [-0.15, -0.1) is 11.3 Å². The normalized spacial score (nSPS) is 11.2. The molecule has 0 radical (unpaired) electrons. The smallest absolute Gasteiger partial charge is 0.339 e. The van der Waals surface area contributed by atoms with E-state index in [-0.39, 0.29) is 11.3 Å². The van der Waals surface area contributed by atoms with Crippen molar-refractivity contribution in [3.63, 3.8) is 0 Å². The fraction of sp³-hybridized carbons (Fsp3) is 0.0435. The Bertz CT molecular complexity index is 1430. The Morgan fingerprint density at radius 1 is 1.00 bits per heavy atom. The lowest BCUT2D eigenvalue weighted by Crippen LogP contribution is -2.10. The minimum Gasteiger partial charge on any atom is -0.507 e. The SMILES string of the molecule is CS(=O)(=O)Nc1ccccc1-c1ccc(Nc2nc(-c3ccc(O)c(C(=O)O)c3)cs2)cc1. The van der Waals surface area contributed by atoms with E-state index in [9.17, 15) is 23.4 Å². The summed E-state index contributed by atoms with van der Waals surface area (Å²) in [7, 11) is -3.40. The summed E-state index contributed by atoms with van der Waals surface area (Å²) in [5.41, 5.74) is 3.87. The minimum atomic E-state index is -3.40. The van der Waals surface area contributed by atoms with E-state index in [0.717, 1.165) is 23.1 Å². The molecule has 8 nitrogen and oxygen atoms in total. The first-order valence-corrected chi connectivity index (χ1v) is 12.4. The highest BCUT2D eigenvalue weighted by Crippen LogP contribution is 2.32. The largest absolute Gasteiger partial charge is 0.507 e. The number of aromatic nitrogens is 1. The monoisotopic (exact) mass is 481 g/mol. The van der Waals surface area contributed by atoms with Crippen LogP contribution in [0.5, 0.6) is 5.75 Å². The van der Waals surface area contributed by atoms with Gasteiger partial charge in [0.1, 0.15) is 11.3 Å². The third kappa shape index (κ3) is 5.30. The summed E-state index contributed by atoms with van der Waals surface area (Å²) in [6, 6.07) is 18.9. The second-order valence-electron chi connectivity index (χ2n) is 7.20. The molecule has 1 heterocycles. The topological polar surface area (TPSA) is 129 Å². The lowest BCUT2D eigenvalue weighted by atomic mass is 10.0. The van der Waals surface area contributed by atoms with E-state index >= 15 is 0 Å². The zero-order chi connectivity index (χ0) is 23.6. The molecular formula is C23H19N3O5S2. The van der Waals surface area contributed by atoms with Crippen LogP contribution in [-0.2, 0) is 10.0 Å². The molecule has 3 aromatic carbocycles. The number of sulfonamides is 1. The van der Waals surface area contributed by atoms with Gasteiger partial charge < -0.3 is 15.5 Å². The van der Waals surface area contributed by atoms with Gasteiger partial charge in [0, 0.05) is 22.2 Å². The van der Waals surface area contributed by atoms with Crippen LogP contribution in [0.2, 0.25) is 0 Å². The number of hydrogen-bond donors (Lipinski definition) is 4. The zero-order valence-corrected chi connectivity index (χ0v) is 18.9. The molecule has 4 aromatic rings. The predicted octanol–water partition coefficient (Wildman–Crippen LogP) is 5.00.